The van der Waals surface area contributed by atoms with Crippen LogP contribution in [-0.4, -0.2) is 20.7 Å². The van der Waals surface area contributed by atoms with Crippen molar-refractivity contribution in [2.24, 2.45) is 11.8 Å². The maximum atomic E-state index is 5.46. The van der Waals surface area contributed by atoms with Gasteiger partial charge in [0.1, 0.15) is 5.75 Å². The van der Waals surface area contributed by atoms with E-state index in [0.717, 1.165) is 24.6 Å². The first-order valence-corrected chi connectivity index (χ1v) is 6.85. The summed E-state index contributed by atoms with van der Waals surface area (Å²) in [5, 5.41) is 3.30. The van der Waals surface area contributed by atoms with Crippen molar-refractivity contribution in [2.75, 3.05) is 20.7 Å². The molecule has 102 valence electrons. The zero-order valence-electron chi connectivity index (χ0n) is 12.4. The van der Waals surface area contributed by atoms with Gasteiger partial charge < -0.3 is 10.1 Å². The van der Waals surface area contributed by atoms with E-state index in [1.54, 1.807) is 7.11 Å². The molecule has 2 nitrogen and oxygen atoms in total. The van der Waals surface area contributed by atoms with Gasteiger partial charge in [-0.2, -0.15) is 0 Å². The standard InChI is InChI=1S/C16H27NO/c1-12(2)8-14(11-17-4)10-15-9-13(3)6-7-16(15)18-5/h6-7,9,12,14,17H,8,10-11H2,1-5H3. The number of hydrogen-bond acceptors (Lipinski definition) is 2. The van der Waals surface area contributed by atoms with Gasteiger partial charge in [0.2, 0.25) is 0 Å². The van der Waals surface area contributed by atoms with E-state index in [1.165, 1.54) is 17.5 Å². The van der Waals surface area contributed by atoms with Crippen LogP contribution in [0.5, 0.6) is 5.75 Å². The van der Waals surface area contributed by atoms with Crippen molar-refractivity contribution in [1.82, 2.24) is 5.32 Å². The van der Waals surface area contributed by atoms with E-state index in [0.29, 0.717) is 5.92 Å². The lowest BCUT2D eigenvalue weighted by atomic mass is 9.90. The van der Waals surface area contributed by atoms with Gasteiger partial charge >= 0.3 is 0 Å². The SMILES string of the molecule is CNCC(Cc1cc(C)ccc1OC)CC(C)C. The summed E-state index contributed by atoms with van der Waals surface area (Å²) < 4.78 is 5.46. The second-order valence-electron chi connectivity index (χ2n) is 5.57. The molecular weight excluding hydrogens is 222 g/mol. The molecule has 2 heteroatoms. The van der Waals surface area contributed by atoms with Crippen LogP contribution in [0.25, 0.3) is 0 Å². The van der Waals surface area contributed by atoms with Crippen molar-refractivity contribution >= 4 is 0 Å². The minimum absolute atomic E-state index is 0.672. The van der Waals surface area contributed by atoms with Crippen molar-refractivity contribution in [2.45, 2.75) is 33.6 Å². The molecule has 0 aliphatic rings. The Hall–Kier alpha value is -1.02. The van der Waals surface area contributed by atoms with Gasteiger partial charge in [-0.25, -0.2) is 0 Å². The minimum Gasteiger partial charge on any atom is -0.496 e. The van der Waals surface area contributed by atoms with Gasteiger partial charge in [-0.15, -0.1) is 0 Å². The van der Waals surface area contributed by atoms with Crippen LogP contribution in [0.2, 0.25) is 0 Å². The molecule has 1 aromatic carbocycles. The summed E-state index contributed by atoms with van der Waals surface area (Å²) in [5.41, 5.74) is 2.64. The molecule has 0 amide bonds. The van der Waals surface area contributed by atoms with Crippen molar-refractivity contribution in [1.29, 1.82) is 0 Å². The van der Waals surface area contributed by atoms with E-state index in [-0.39, 0.29) is 0 Å². The lowest BCUT2D eigenvalue weighted by Gasteiger charge is -2.20. The fourth-order valence-corrected chi connectivity index (χ4v) is 2.57. The maximum Gasteiger partial charge on any atom is 0.122 e. The van der Waals surface area contributed by atoms with Crippen LogP contribution in [0.4, 0.5) is 0 Å². The highest BCUT2D eigenvalue weighted by atomic mass is 16.5. The van der Waals surface area contributed by atoms with Crippen LogP contribution >= 0.6 is 0 Å². The summed E-state index contributed by atoms with van der Waals surface area (Å²) in [4.78, 5) is 0. The average molecular weight is 249 g/mol. The molecule has 1 aromatic rings. The lowest BCUT2D eigenvalue weighted by Crippen LogP contribution is -2.22. The van der Waals surface area contributed by atoms with Crippen LogP contribution in [-0.2, 0) is 6.42 Å². The Morgan fingerprint density at radius 1 is 1.28 bits per heavy atom. The molecule has 1 N–H and O–H groups in total. The minimum atomic E-state index is 0.672. The smallest absolute Gasteiger partial charge is 0.122 e. The molecule has 0 aliphatic carbocycles. The quantitative estimate of drug-likeness (QED) is 0.799. The van der Waals surface area contributed by atoms with Gasteiger partial charge in [0, 0.05) is 0 Å². The molecule has 18 heavy (non-hydrogen) atoms. The van der Waals surface area contributed by atoms with Gasteiger partial charge in [0.05, 0.1) is 7.11 Å². The van der Waals surface area contributed by atoms with Crippen molar-refractivity contribution in [3.63, 3.8) is 0 Å². The topological polar surface area (TPSA) is 21.3 Å². The predicted molar refractivity (Wildman–Crippen MR) is 78.3 cm³/mol. The number of hydrogen-bond donors (Lipinski definition) is 1. The summed E-state index contributed by atoms with van der Waals surface area (Å²) in [6.45, 7) is 7.78. The molecule has 0 fully saturated rings. The van der Waals surface area contributed by atoms with Crippen molar-refractivity contribution in [3.05, 3.63) is 29.3 Å². The van der Waals surface area contributed by atoms with Crippen molar-refractivity contribution < 1.29 is 4.74 Å². The highest BCUT2D eigenvalue weighted by molar-refractivity contribution is 5.37. The Kier molecular flexibility index (Phi) is 6.20. The van der Waals surface area contributed by atoms with Crippen LogP contribution in [0, 0.1) is 18.8 Å². The molecule has 1 rings (SSSR count). The molecule has 0 saturated heterocycles. The predicted octanol–water partition coefficient (Wildman–Crippen LogP) is 3.43. The van der Waals surface area contributed by atoms with E-state index in [1.807, 2.05) is 7.05 Å². The van der Waals surface area contributed by atoms with Gasteiger partial charge in [0.15, 0.2) is 0 Å². The third-order valence-corrected chi connectivity index (χ3v) is 3.24. The summed E-state index contributed by atoms with van der Waals surface area (Å²) >= 11 is 0. The van der Waals surface area contributed by atoms with Crippen LogP contribution in [0.15, 0.2) is 18.2 Å². The molecule has 0 spiro atoms. The molecule has 0 bridgehead atoms. The van der Waals surface area contributed by atoms with Crippen LogP contribution < -0.4 is 10.1 Å². The zero-order valence-corrected chi connectivity index (χ0v) is 12.4. The largest absolute Gasteiger partial charge is 0.496 e. The zero-order chi connectivity index (χ0) is 13.5. The Morgan fingerprint density at radius 2 is 2.00 bits per heavy atom. The van der Waals surface area contributed by atoms with E-state index in [2.05, 4.69) is 44.3 Å². The number of nitrogens with one attached hydrogen (secondary N) is 1. The molecule has 0 radical (unpaired) electrons. The molecule has 0 saturated carbocycles. The summed E-state index contributed by atoms with van der Waals surface area (Å²) in [6, 6.07) is 6.44. The number of benzene rings is 1. The fraction of sp³-hybridized carbons (Fsp3) is 0.625. The molecule has 0 heterocycles. The number of rotatable bonds is 7. The third kappa shape index (κ3) is 4.69. The van der Waals surface area contributed by atoms with Gasteiger partial charge in [-0.3, -0.25) is 0 Å². The van der Waals surface area contributed by atoms with Gasteiger partial charge in [-0.1, -0.05) is 31.5 Å². The first kappa shape index (κ1) is 15.0. The number of aryl methyl sites for hydroxylation is 1. The van der Waals surface area contributed by atoms with Gasteiger partial charge in [0.25, 0.3) is 0 Å². The Balaban J connectivity index is 2.81. The average Bonchev–Trinajstić information content (AvgIpc) is 2.28. The lowest BCUT2D eigenvalue weighted by molar-refractivity contribution is 0.377. The monoisotopic (exact) mass is 249 g/mol. The first-order chi connectivity index (χ1) is 8.56. The van der Waals surface area contributed by atoms with E-state index >= 15 is 0 Å². The molecule has 1 unspecified atom stereocenters. The van der Waals surface area contributed by atoms with E-state index in [9.17, 15) is 0 Å². The number of ether oxygens (including phenoxy) is 1. The Morgan fingerprint density at radius 3 is 2.56 bits per heavy atom. The fourth-order valence-electron chi connectivity index (χ4n) is 2.57. The second kappa shape index (κ2) is 7.42. The second-order valence-corrected chi connectivity index (χ2v) is 5.57. The maximum absolute atomic E-state index is 5.46. The highest BCUT2D eigenvalue weighted by Gasteiger charge is 2.14. The normalized spacial score (nSPS) is 12.8. The third-order valence-electron chi connectivity index (χ3n) is 3.24. The Labute approximate surface area is 112 Å². The molecule has 1 atom stereocenters. The molecular formula is C16H27NO. The van der Waals surface area contributed by atoms with Crippen LogP contribution in [0.3, 0.4) is 0 Å². The van der Waals surface area contributed by atoms with Crippen LogP contribution in [0.1, 0.15) is 31.4 Å². The summed E-state index contributed by atoms with van der Waals surface area (Å²) in [6.07, 6.45) is 2.34. The molecule has 0 aliphatic heterocycles. The number of methoxy groups -OCH3 is 1. The van der Waals surface area contributed by atoms with Gasteiger partial charge in [-0.05, 0) is 56.8 Å². The van der Waals surface area contributed by atoms with Crippen molar-refractivity contribution in [3.8, 4) is 5.75 Å². The summed E-state index contributed by atoms with van der Waals surface area (Å²) in [7, 11) is 3.78. The highest BCUT2D eigenvalue weighted by Crippen LogP contribution is 2.25. The first-order valence-electron chi connectivity index (χ1n) is 6.85. The van der Waals surface area contributed by atoms with E-state index < -0.39 is 0 Å². The Bertz CT molecular complexity index is 360. The van der Waals surface area contributed by atoms with E-state index in [4.69, 9.17) is 4.74 Å². The summed E-state index contributed by atoms with van der Waals surface area (Å²) in [5.74, 6) is 2.43. The molecule has 0 aromatic heterocycles.